The number of hydrogen-bond donors (Lipinski definition) is 0. The Morgan fingerprint density at radius 3 is 2.71 bits per heavy atom. The molecule has 1 aliphatic rings. The van der Waals surface area contributed by atoms with E-state index in [2.05, 4.69) is 36.3 Å². The number of aryl methyl sites for hydroxylation is 1. The Balaban J connectivity index is 1.80. The quantitative estimate of drug-likeness (QED) is 0.868. The summed E-state index contributed by atoms with van der Waals surface area (Å²) < 4.78 is 1.78. The lowest BCUT2D eigenvalue weighted by Crippen LogP contribution is -2.46. The van der Waals surface area contributed by atoms with Crippen LogP contribution in [0.3, 0.4) is 0 Å². The van der Waals surface area contributed by atoms with Crippen molar-refractivity contribution in [2.45, 2.75) is 31.7 Å². The topological polar surface area (TPSA) is 38.1 Å². The van der Waals surface area contributed by atoms with Gasteiger partial charge < -0.3 is 4.90 Å². The van der Waals surface area contributed by atoms with Crippen molar-refractivity contribution in [3.05, 3.63) is 53.9 Å². The van der Waals surface area contributed by atoms with Crippen molar-refractivity contribution in [1.29, 1.82) is 0 Å². The summed E-state index contributed by atoms with van der Waals surface area (Å²) in [6, 6.07) is 10.5. The van der Waals surface area contributed by atoms with Gasteiger partial charge in [-0.15, -0.1) is 0 Å². The van der Waals surface area contributed by atoms with Gasteiger partial charge in [-0.2, -0.15) is 5.10 Å². The van der Waals surface area contributed by atoms with Crippen molar-refractivity contribution in [2.75, 3.05) is 6.54 Å². The zero-order valence-corrected chi connectivity index (χ0v) is 12.6. The van der Waals surface area contributed by atoms with E-state index in [1.54, 1.807) is 4.68 Å². The van der Waals surface area contributed by atoms with Crippen LogP contribution in [0.5, 0.6) is 0 Å². The van der Waals surface area contributed by atoms with Crippen LogP contribution in [0.4, 0.5) is 0 Å². The molecular weight excluding hydrogens is 262 g/mol. The van der Waals surface area contributed by atoms with Crippen LogP contribution in [0.15, 0.2) is 42.7 Å². The number of rotatable bonds is 3. The summed E-state index contributed by atoms with van der Waals surface area (Å²) in [5.41, 5.74) is 2.44. The van der Waals surface area contributed by atoms with Crippen LogP contribution in [0.25, 0.3) is 0 Å². The smallest absolute Gasteiger partial charge is 0.222 e. The third-order valence-electron chi connectivity index (χ3n) is 4.39. The molecule has 21 heavy (non-hydrogen) atoms. The molecule has 1 aromatic carbocycles. The standard InChI is InChI=1S/C17H21N3O/c1-17(15-6-4-3-5-7-15)9-8-16(21)20(13-17)12-14-10-18-19(2)11-14/h3-7,10-11H,8-9,12-13H2,1-2H3/t17-/m0/s1. The molecule has 1 aromatic heterocycles. The first-order valence-electron chi connectivity index (χ1n) is 7.38. The van der Waals surface area contributed by atoms with Gasteiger partial charge in [-0.3, -0.25) is 9.48 Å². The molecule has 1 fully saturated rings. The van der Waals surface area contributed by atoms with Crippen LogP contribution >= 0.6 is 0 Å². The van der Waals surface area contributed by atoms with E-state index < -0.39 is 0 Å². The van der Waals surface area contributed by atoms with Crippen LogP contribution in [0.1, 0.15) is 30.9 Å². The van der Waals surface area contributed by atoms with E-state index in [0.29, 0.717) is 13.0 Å². The Hall–Kier alpha value is -2.10. The highest BCUT2D eigenvalue weighted by Gasteiger charge is 2.36. The Bertz CT molecular complexity index is 634. The Kier molecular flexibility index (Phi) is 3.53. The molecule has 3 rings (SSSR count). The highest BCUT2D eigenvalue weighted by molar-refractivity contribution is 5.77. The molecule has 0 N–H and O–H groups in total. The molecule has 0 aliphatic carbocycles. The fourth-order valence-corrected chi connectivity index (χ4v) is 3.12. The molecule has 1 saturated heterocycles. The van der Waals surface area contributed by atoms with Gasteiger partial charge >= 0.3 is 0 Å². The number of carbonyl (C=O) groups is 1. The monoisotopic (exact) mass is 283 g/mol. The van der Waals surface area contributed by atoms with Crippen molar-refractivity contribution in [1.82, 2.24) is 14.7 Å². The third-order valence-corrected chi connectivity index (χ3v) is 4.39. The van der Waals surface area contributed by atoms with Crippen LogP contribution in [-0.2, 0) is 23.8 Å². The molecule has 0 bridgehead atoms. The number of piperidine rings is 1. The third kappa shape index (κ3) is 2.84. The van der Waals surface area contributed by atoms with Gasteiger partial charge in [-0.25, -0.2) is 0 Å². The first kappa shape index (κ1) is 13.9. The van der Waals surface area contributed by atoms with E-state index in [1.165, 1.54) is 5.56 Å². The molecule has 1 atom stereocenters. The first-order chi connectivity index (χ1) is 10.1. The summed E-state index contributed by atoms with van der Waals surface area (Å²) in [7, 11) is 1.90. The van der Waals surface area contributed by atoms with Gasteiger partial charge in [0.2, 0.25) is 5.91 Å². The summed E-state index contributed by atoms with van der Waals surface area (Å²) in [4.78, 5) is 14.2. The largest absolute Gasteiger partial charge is 0.337 e. The van der Waals surface area contributed by atoms with Crippen molar-refractivity contribution < 1.29 is 4.79 Å². The Labute approximate surface area is 125 Å². The zero-order valence-electron chi connectivity index (χ0n) is 12.6. The van der Waals surface area contributed by atoms with Crippen molar-refractivity contribution >= 4 is 5.91 Å². The summed E-state index contributed by atoms with van der Waals surface area (Å²) >= 11 is 0. The number of likely N-dealkylation sites (tertiary alicyclic amines) is 1. The second-order valence-corrected chi connectivity index (χ2v) is 6.20. The van der Waals surface area contributed by atoms with Crippen molar-refractivity contribution in [3.63, 3.8) is 0 Å². The molecule has 1 amide bonds. The lowest BCUT2D eigenvalue weighted by molar-refractivity contribution is -0.136. The van der Waals surface area contributed by atoms with Crippen molar-refractivity contribution in [2.24, 2.45) is 7.05 Å². The normalized spacial score (nSPS) is 22.6. The molecule has 1 aliphatic heterocycles. The average molecular weight is 283 g/mol. The summed E-state index contributed by atoms with van der Waals surface area (Å²) in [5, 5.41) is 4.18. The van der Waals surface area contributed by atoms with Gasteiger partial charge in [-0.05, 0) is 12.0 Å². The van der Waals surface area contributed by atoms with Gasteiger partial charge in [0.05, 0.1) is 6.20 Å². The molecular formula is C17H21N3O. The van der Waals surface area contributed by atoms with Crippen LogP contribution in [0.2, 0.25) is 0 Å². The average Bonchev–Trinajstić information content (AvgIpc) is 2.89. The lowest BCUT2D eigenvalue weighted by Gasteiger charge is -2.40. The van der Waals surface area contributed by atoms with E-state index >= 15 is 0 Å². The van der Waals surface area contributed by atoms with E-state index in [0.717, 1.165) is 18.5 Å². The predicted molar refractivity (Wildman–Crippen MR) is 81.7 cm³/mol. The molecule has 2 aromatic rings. The lowest BCUT2D eigenvalue weighted by atomic mass is 9.75. The zero-order chi connectivity index (χ0) is 14.9. The molecule has 0 spiro atoms. The fraction of sp³-hybridized carbons (Fsp3) is 0.412. The minimum absolute atomic E-state index is 0.0391. The van der Waals surface area contributed by atoms with E-state index in [1.807, 2.05) is 30.4 Å². The van der Waals surface area contributed by atoms with Crippen molar-refractivity contribution in [3.8, 4) is 0 Å². The molecule has 4 nitrogen and oxygen atoms in total. The fourth-order valence-electron chi connectivity index (χ4n) is 3.12. The highest BCUT2D eigenvalue weighted by atomic mass is 16.2. The molecule has 0 unspecified atom stereocenters. The van der Waals surface area contributed by atoms with Crippen LogP contribution in [0, 0.1) is 0 Å². The van der Waals surface area contributed by atoms with E-state index in [9.17, 15) is 4.79 Å². The summed E-state index contributed by atoms with van der Waals surface area (Å²) in [6.07, 6.45) is 5.34. The first-order valence-corrected chi connectivity index (χ1v) is 7.38. The van der Waals surface area contributed by atoms with Crippen LogP contribution < -0.4 is 0 Å². The maximum Gasteiger partial charge on any atom is 0.222 e. The number of hydrogen-bond acceptors (Lipinski definition) is 2. The Morgan fingerprint density at radius 1 is 1.29 bits per heavy atom. The SMILES string of the molecule is Cn1cc(CN2C[C@@](C)(c3ccccc3)CCC2=O)cn1. The minimum atomic E-state index is 0.0391. The molecule has 0 saturated carbocycles. The summed E-state index contributed by atoms with van der Waals surface area (Å²) in [5.74, 6) is 0.243. The second-order valence-electron chi connectivity index (χ2n) is 6.20. The van der Waals surface area contributed by atoms with Gasteiger partial charge in [0.1, 0.15) is 0 Å². The number of aromatic nitrogens is 2. The number of nitrogens with zero attached hydrogens (tertiary/aromatic N) is 3. The van der Waals surface area contributed by atoms with Gasteiger partial charge in [-0.1, -0.05) is 37.3 Å². The molecule has 110 valence electrons. The van der Waals surface area contributed by atoms with E-state index in [-0.39, 0.29) is 11.3 Å². The maximum absolute atomic E-state index is 12.2. The molecule has 4 heteroatoms. The Morgan fingerprint density at radius 2 is 2.05 bits per heavy atom. The molecule has 0 radical (unpaired) electrons. The van der Waals surface area contributed by atoms with Gasteiger partial charge in [0, 0.05) is 43.7 Å². The van der Waals surface area contributed by atoms with E-state index in [4.69, 9.17) is 0 Å². The second kappa shape index (κ2) is 5.35. The number of benzene rings is 1. The molecule has 2 heterocycles. The van der Waals surface area contributed by atoms with Gasteiger partial charge in [0.15, 0.2) is 0 Å². The van der Waals surface area contributed by atoms with Gasteiger partial charge in [0.25, 0.3) is 0 Å². The number of amides is 1. The maximum atomic E-state index is 12.2. The highest BCUT2D eigenvalue weighted by Crippen LogP contribution is 2.34. The summed E-state index contributed by atoms with van der Waals surface area (Å²) in [6.45, 7) is 3.67. The number of carbonyl (C=O) groups excluding carboxylic acids is 1. The van der Waals surface area contributed by atoms with Crippen LogP contribution in [-0.4, -0.2) is 27.1 Å². The minimum Gasteiger partial charge on any atom is -0.337 e. The predicted octanol–water partition coefficient (Wildman–Crippen LogP) is 2.50.